The summed E-state index contributed by atoms with van der Waals surface area (Å²) in [5, 5.41) is 9.85. The lowest BCUT2D eigenvalue weighted by molar-refractivity contribution is -0.396. The lowest BCUT2D eigenvalue weighted by Gasteiger charge is -2.37. The minimum absolute atomic E-state index is 0.0549. The van der Waals surface area contributed by atoms with Crippen molar-refractivity contribution in [1.29, 1.82) is 0 Å². The van der Waals surface area contributed by atoms with Crippen molar-refractivity contribution in [2.45, 2.75) is 51.7 Å². The van der Waals surface area contributed by atoms with Crippen LogP contribution in [0.5, 0.6) is 0 Å². The third-order valence-electron chi connectivity index (χ3n) is 4.92. The van der Waals surface area contributed by atoms with Crippen LogP contribution < -0.4 is 0 Å². The minimum Gasteiger partial charge on any atom is -0.340 e. The number of rotatable bonds is 8. The Labute approximate surface area is 154 Å². The fraction of sp³-hybridized carbons (Fsp3) is 0.409. The van der Waals surface area contributed by atoms with Crippen molar-refractivity contribution in [3.8, 4) is 0 Å². The van der Waals surface area contributed by atoms with Gasteiger partial charge in [-0.05, 0) is 30.9 Å². The van der Waals surface area contributed by atoms with Crippen LogP contribution >= 0.6 is 0 Å². The molecule has 0 aromatic heterocycles. The van der Waals surface area contributed by atoms with E-state index in [1.807, 2.05) is 37.3 Å². The van der Waals surface area contributed by atoms with E-state index in [1.165, 1.54) is 0 Å². The van der Waals surface area contributed by atoms with Gasteiger partial charge in [-0.25, -0.2) is 5.26 Å². The molecule has 0 radical (unpaired) electrons. The average molecular weight is 354 g/mol. The maximum Gasteiger partial charge on any atom is 0.255 e. The van der Waals surface area contributed by atoms with Crippen molar-refractivity contribution in [2.75, 3.05) is 6.61 Å². The Kier molecular flexibility index (Phi) is 5.87. The molecule has 0 spiro atoms. The van der Waals surface area contributed by atoms with Gasteiger partial charge in [-0.3, -0.25) is 4.79 Å². The van der Waals surface area contributed by atoms with Crippen LogP contribution in [0.25, 0.3) is 0 Å². The highest BCUT2D eigenvalue weighted by atomic mass is 17.1. The summed E-state index contributed by atoms with van der Waals surface area (Å²) < 4.78 is 5.98. The van der Waals surface area contributed by atoms with E-state index in [2.05, 4.69) is 6.92 Å². The molecular formula is C22H26O4. The highest BCUT2D eigenvalue weighted by Gasteiger charge is 2.46. The molecular weight excluding hydrogens is 328 g/mol. The summed E-state index contributed by atoms with van der Waals surface area (Å²) in [4.78, 5) is 18.0. The van der Waals surface area contributed by atoms with Crippen molar-refractivity contribution in [3.05, 3.63) is 70.3 Å². The van der Waals surface area contributed by atoms with Crippen LogP contribution in [0, 0.1) is 0 Å². The molecule has 3 rings (SSSR count). The van der Waals surface area contributed by atoms with Crippen molar-refractivity contribution < 1.29 is 19.7 Å². The first kappa shape index (κ1) is 18.8. The van der Waals surface area contributed by atoms with Crippen molar-refractivity contribution >= 4 is 5.78 Å². The van der Waals surface area contributed by atoms with E-state index in [-0.39, 0.29) is 5.78 Å². The van der Waals surface area contributed by atoms with Crippen LogP contribution in [-0.4, -0.2) is 17.6 Å². The SMILES string of the molecule is CCCCCc1ccc2c(c1)C(=O)c1ccccc1C2(OO)OCCC. The van der Waals surface area contributed by atoms with Gasteiger partial charge in [0.25, 0.3) is 5.79 Å². The van der Waals surface area contributed by atoms with E-state index < -0.39 is 5.79 Å². The van der Waals surface area contributed by atoms with Gasteiger partial charge in [0.1, 0.15) is 0 Å². The molecule has 0 aliphatic heterocycles. The summed E-state index contributed by atoms with van der Waals surface area (Å²) in [6, 6.07) is 12.9. The Morgan fingerprint density at radius 2 is 1.73 bits per heavy atom. The molecule has 0 saturated heterocycles. The third kappa shape index (κ3) is 3.20. The smallest absolute Gasteiger partial charge is 0.255 e. The molecule has 0 fully saturated rings. The van der Waals surface area contributed by atoms with Gasteiger partial charge in [-0.1, -0.05) is 63.1 Å². The van der Waals surface area contributed by atoms with E-state index in [0.717, 1.165) is 37.7 Å². The second-order valence-electron chi connectivity index (χ2n) is 6.77. The fourth-order valence-electron chi connectivity index (χ4n) is 3.59. The van der Waals surface area contributed by atoms with Gasteiger partial charge in [0.15, 0.2) is 5.78 Å². The molecule has 1 unspecified atom stereocenters. The Morgan fingerprint density at radius 1 is 0.962 bits per heavy atom. The molecule has 4 nitrogen and oxygen atoms in total. The van der Waals surface area contributed by atoms with Gasteiger partial charge < -0.3 is 4.74 Å². The zero-order valence-corrected chi connectivity index (χ0v) is 15.5. The standard InChI is InChI=1S/C22H26O4/c1-3-5-6-9-16-12-13-20-18(15-16)21(23)17-10-7-8-11-19(17)22(20,26-24)25-14-4-2/h7-8,10-13,15,24H,3-6,9,14H2,1-2H3. The van der Waals surface area contributed by atoms with Gasteiger partial charge >= 0.3 is 0 Å². The maximum atomic E-state index is 13.1. The lowest BCUT2D eigenvalue weighted by Crippen LogP contribution is -2.40. The molecule has 138 valence electrons. The summed E-state index contributed by atoms with van der Waals surface area (Å²) >= 11 is 0. The Morgan fingerprint density at radius 3 is 2.46 bits per heavy atom. The van der Waals surface area contributed by atoms with Gasteiger partial charge in [-0.15, -0.1) is 0 Å². The third-order valence-corrected chi connectivity index (χ3v) is 4.92. The van der Waals surface area contributed by atoms with Crippen LogP contribution in [0.2, 0.25) is 0 Å². The van der Waals surface area contributed by atoms with E-state index in [9.17, 15) is 10.1 Å². The van der Waals surface area contributed by atoms with Crippen LogP contribution in [0.1, 0.15) is 72.1 Å². The number of hydrogen-bond acceptors (Lipinski definition) is 4. The number of carbonyl (C=O) groups excluding carboxylic acids is 1. The molecule has 1 N–H and O–H groups in total. The van der Waals surface area contributed by atoms with Crippen molar-refractivity contribution in [2.24, 2.45) is 0 Å². The van der Waals surface area contributed by atoms with Crippen LogP contribution in [0.4, 0.5) is 0 Å². The predicted molar refractivity (Wildman–Crippen MR) is 100 cm³/mol. The molecule has 0 amide bonds. The summed E-state index contributed by atoms with van der Waals surface area (Å²) in [7, 11) is 0. The molecule has 26 heavy (non-hydrogen) atoms. The van der Waals surface area contributed by atoms with Gasteiger partial charge in [-0.2, -0.15) is 4.89 Å². The second-order valence-corrected chi connectivity index (χ2v) is 6.77. The minimum atomic E-state index is -1.46. The first-order valence-corrected chi connectivity index (χ1v) is 9.42. The number of fused-ring (bicyclic) bond motifs is 2. The van der Waals surface area contributed by atoms with Crippen LogP contribution in [-0.2, 0) is 21.8 Å². The molecule has 2 aromatic carbocycles. The van der Waals surface area contributed by atoms with Gasteiger partial charge in [0.05, 0.1) is 6.61 Å². The number of aryl methyl sites for hydroxylation is 1. The first-order valence-electron chi connectivity index (χ1n) is 9.42. The summed E-state index contributed by atoms with van der Waals surface area (Å²) in [6.45, 7) is 4.56. The molecule has 0 heterocycles. The Hall–Kier alpha value is -2.01. The lowest BCUT2D eigenvalue weighted by atomic mass is 9.79. The van der Waals surface area contributed by atoms with Gasteiger partial charge in [0, 0.05) is 22.3 Å². The molecule has 2 aromatic rings. The van der Waals surface area contributed by atoms with Crippen LogP contribution in [0.15, 0.2) is 42.5 Å². The molecule has 0 bridgehead atoms. The zero-order chi connectivity index (χ0) is 18.6. The number of ketones is 1. The topological polar surface area (TPSA) is 55.8 Å². The number of ether oxygens (including phenoxy) is 1. The molecule has 4 heteroatoms. The second kappa shape index (κ2) is 8.12. The van der Waals surface area contributed by atoms with E-state index in [1.54, 1.807) is 12.1 Å². The highest BCUT2D eigenvalue weighted by molar-refractivity contribution is 6.13. The number of carbonyl (C=O) groups is 1. The normalized spacial score (nSPS) is 18.5. The Balaban J connectivity index is 2.10. The molecule has 0 saturated carbocycles. The summed E-state index contributed by atoms with van der Waals surface area (Å²) in [5.74, 6) is -1.52. The largest absolute Gasteiger partial charge is 0.340 e. The summed E-state index contributed by atoms with van der Waals surface area (Å²) in [5.41, 5.74) is 3.29. The van der Waals surface area contributed by atoms with E-state index >= 15 is 0 Å². The van der Waals surface area contributed by atoms with Crippen molar-refractivity contribution in [3.63, 3.8) is 0 Å². The first-order chi connectivity index (χ1) is 12.7. The number of unbranched alkanes of at least 4 members (excludes halogenated alkanes) is 2. The quantitative estimate of drug-likeness (QED) is 0.311. The molecule has 1 atom stereocenters. The fourth-order valence-corrected chi connectivity index (χ4v) is 3.59. The van der Waals surface area contributed by atoms with Crippen LogP contribution in [0.3, 0.4) is 0 Å². The maximum absolute atomic E-state index is 13.1. The summed E-state index contributed by atoms with van der Waals surface area (Å²) in [6.07, 6.45) is 5.11. The molecule has 1 aliphatic rings. The zero-order valence-electron chi connectivity index (χ0n) is 15.5. The van der Waals surface area contributed by atoms with E-state index in [4.69, 9.17) is 9.62 Å². The highest BCUT2D eigenvalue weighted by Crippen LogP contribution is 2.43. The van der Waals surface area contributed by atoms with E-state index in [0.29, 0.717) is 28.9 Å². The average Bonchev–Trinajstić information content (AvgIpc) is 2.69. The predicted octanol–water partition coefficient (Wildman–Crippen LogP) is 5.08. The number of hydrogen-bond donors (Lipinski definition) is 1. The van der Waals surface area contributed by atoms with Gasteiger partial charge in [0.2, 0.25) is 0 Å². The monoisotopic (exact) mass is 354 g/mol. The Bertz CT molecular complexity index is 783. The molecule has 1 aliphatic carbocycles. The van der Waals surface area contributed by atoms with Crippen molar-refractivity contribution in [1.82, 2.24) is 0 Å². The number of benzene rings is 2.